The zero-order valence-corrected chi connectivity index (χ0v) is 11.1. The molecule has 10 heavy (non-hydrogen) atoms. The molecule has 2 radical (unpaired) electrons. The summed E-state index contributed by atoms with van der Waals surface area (Å²) < 4.78 is 5.79. The van der Waals surface area contributed by atoms with Crippen LogP contribution in [-0.4, -0.2) is 76.5 Å². The van der Waals surface area contributed by atoms with Gasteiger partial charge in [-0.3, -0.25) is 0 Å². The van der Waals surface area contributed by atoms with Crippen LogP contribution in [0.25, 0.3) is 0 Å². The molecule has 0 aromatic heterocycles. The Labute approximate surface area is 102 Å². The van der Waals surface area contributed by atoms with E-state index in [1.807, 2.05) is 0 Å². The van der Waals surface area contributed by atoms with Gasteiger partial charge in [0.1, 0.15) is 6.54 Å². The van der Waals surface area contributed by atoms with Gasteiger partial charge in [0.15, 0.2) is 0 Å². The summed E-state index contributed by atoms with van der Waals surface area (Å²) in [5.41, 5.74) is 0. The van der Waals surface area contributed by atoms with E-state index in [0.717, 1.165) is 17.6 Å². The number of likely N-dealkylation sites (N-methyl/N-ethyl adjacent to an activating group) is 1. The van der Waals surface area contributed by atoms with Crippen LogP contribution >= 0.6 is 9.47 Å². The second-order valence-corrected chi connectivity index (χ2v) is 3.22. The summed E-state index contributed by atoms with van der Waals surface area (Å²) in [5, 5.41) is 0. The fourth-order valence-corrected chi connectivity index (χ4v) is 0.432. The molecular formula is C5H15CaClNOP. The molecule has 60 valence electrons. The Hall–Kier alpha value is 1.90. The van der Waals surface area contributed by atoms with Crippen LogP contribution < -0.4 is 12.4 Å². The maximum absolute atomic E-state index is 4.82. The van der Waals surface area contributed by atoms with Crippen LogP contribution in [0.3, 0.4) is 0 Å². The fraction of sp³-hybridized carbons (Fsp3) is 1.00. The Kier molecular flexibility index (Phi) is 16.0. The molecule has 0 aliphatic carbocycles. The number of halogens is 1. The first-order valence-corrected chi connectivity index (χ1v) is 3.15. The van der Waals surface area contributed by atoms with Crippen molar-refractivity contribution in [3.8, 4) is 0 Å². The molecule has 0 saturated heterocycles. The van der Waals surface area contributed by atoms with Crippen molar-refractivity contribution in [1.29, 1.82) is 0 Å². The molecule has 0 spiro atoms. The van der Waals surface area contributed by atoms with E-state index < -0.39 is 0 Å². The molecule has 0 amide bonds. The van der Waals surface area contributed by atoms with E-state index in [1.165, 1.54) is 0 Å². The van der Waals surface area contributed by atoms with Gasteiger partial charge in [-0.15, -0.1) is 0 Å². The van der Waals surface area contributed by atoms with E-state index in [2.05, 4.69) is 30.6 Å². The standard InChI is InChI=1S/C5H15NOP.Ca.ClH/c1-6(2,3)4-5-7-8;;/h4-5,8H2,1-3H3;;1H/q+1;;/p-1. The Morgan fingerprint density at radius 1 is 1.30 bits per heavy atom. The van der Waals surface area contributed by atoms with Crippen molar-refractivity contribution in [3.05, 3.63) is 0 Å². The smallest absolute Gasteiger partial charge is 0.102 e. The van der Waals surface area contributed by atoms with Gasteiger partial charge in [0, 0.05) is 47.2 Å². The first-order valence-electron chi connectivity index (χ1n) is 2.68. The molecule has 0 aliphatic heterocycles. The van der Waals surface area contributed by atoms with Crippen LogP contribution in [0, 0.1) is 0 Å². The summed E-state index contributed by atoms with van der Waals surface area (Å²) in [6.07, 6.45) is 0. The van der Waals surface area contributed by atoms with E-state index in [0.29, 0.717) is 0 Å². The molecular weight excluding hydrogens is 197 g/mol. The van der Waals surface area contributed by atoms with Crippen LogP contribution in [0.1, 0.15) is 0 Å². The summed E-state index contributed by atoms with van der Waals surface area (Å²) in [4.78, 5) is 0. The number of hydrogen-bond donors (Lipinski definition) is 0. The average Bonchev–Trinajstić information content (AvgIpc) is 1.59. The van der Waals surface area contributed by atoms with Crippen LogP contribution in [0.4, 0.5) is 0 Å². The number of hydrogen-bond acceptors (Lipinski definition) is 1. The topological polar surface area (TPSA) is 9.23 Å². The predicted molar refractivity (Wildman–Crippen MR) is 44.3 cm³/mol. The van der Waals surface area contributed by atoms with Gasteiger partial charge in [0.2, 0.25) is 0 Å². The molecule has 0 aliphatic rings. The number of quaternary nitrogens is 1. The van der Waals surface area contributed by atoms with Crippen molar-refractivity contribution in [2.75, 3.05) is 34.3 Å². The van der Waals surface area contributed by atoms with Gasteiger partial charge in [0.25, 0.3) is 0 Å². The summed E-state index contributed by atoms with van der Waals surface area (Å²) in [7, 11) is 8.68. The first-order chi connectivity index (χ1) is 3.56. The third-order valence-electron chi connectivity index (χ3n) is 0.880. The van der Waals surface area contributed by atoms with E-state index in [4.69, 9.17) is 4.52 Å². The molecule has 0 saturated carbocycles. The van der Waals surface area contributed by atoms with Crippen molar-refractivity contribution in [1.82, 2.24) is 0 Å². The van der Waals surface area contributed by atoms with Gasteiger partial charge in [0.05, 0.1) is 27.7 Å². The van der Waals surface area contributed by atoms with E-state index in [-0.39, 0.29) is 50.1 Å². The molecule has 0 aromatic carbocycles. The maximum Gasteiger partial charge on any atom is 0.102 e. The molecule has 1 unspecified atom stereocenters. The van der Waals surface area contributed by atoms with Crippen LogP contribution in [0.5, 0.6) is 0 Å². The zero-order chi connectivity index (χ0) is 6.62. The third-order valence-corrected chi connectivity index (χ3v) is 1.12. The monoisotopic (exact) mass is 211 g/mol. The van der Waals surface area contributed by atoms with Gasteiger partial charge >= 0.3 is 0 Å². The van der Waals surface area contributed by atoms with Crippen molar-refractivity contribution < 1.29 is 21.4 Å². The van der Waals surface area contributed by atoms with E-state index in [9.17, 15) is 0 Å². The van der Waals surface area contributed by atoms with Crippen molar-refractivity contribution in [2.24, 2.45) is 0 Å². The van der Waals surface area contributed by atoms with Gasteiger partial charge in [-0.05, 0) is 0 Å². The maximum atomic E-state index is 4.82. The van der Waals surface area contributed by atoms with Crippen molar-refractivity contribution in [2.45, 2.75) is 0 Å². The van der Waals surface area contributed by atoms with Gasteiger partial charge < -0.3 is 21.4 Å². The first kappa shape index (κ1) is 17.8. The Balaban J connectivity index is -0.000000245. The van der Waals surface area contributed by atoms with Gasteiger partial charge in [-0.1, -0.05) is 0 Å². The minimum absolute atomic E-state index is 0. The second-order valence-electron chi connectivity index (χ2n) is 2.88. The molecule has 0 bridgehead atoms. The molecule has 2 nitrogen and oxygen atoms in total. The van der Waals surface area contributed by atoms with Gasteiger partial charge in [-0.25, -0.2) is 0 Å². The minimum atomic E-state index is 0. The number of rotatable bonds is 3. The number of nitrogens with zero attached hydrogens (tertiary/aromatic N) is 1. The van der Waals surface area contributed by atoms with Crippen molar-refractivity contribution >= 4 is 47.2 Å². The van der Waals surface area contributed by atoms with Crippen LogP contribution in [-0.2, 0) is 4.52 Å². The normalized spacial score (nSPS) is 9.60. The SMILES string of the molecule is C[N+](C)(C)CCOP.[Ca].[Cl-]. The average molecular weight is 212 g/mol. The Morgan fingerprint density at radius 3 is 1.80 bits per heavy atom. The zero-order valence-electron chi connectivity index (χ0n) is 6.93. The molecule has 0 aromatic rings. The Bertz CT molecular complexity index is 69.2. The minimum Gasteiger partial charge on any atom is -1.00 e. The third kappa shape index (κ3) is 16.5. The molecule has 1 atom stereocenters. The van der Waals surface area contributed by atoms with Crippen molar-refractivity contribution in [3.63, 3.8) is 0 Å². The molecule has 0 N–H and O–H groups in total. The molecule has 0 rings (SSSR count). The summed E-state index contributed by atoms with van der Waals surface area (Å²) >= 11 is 0. The fourth-order valence-electron chi connectivity index (χ4n) is 0.327. The summed E-state index contributed by atoms with van der Waals surface area (Å²) in [5.74, 6) is 0. The van der Waals surface area contributed by atoms with Gasteiger partial charge in [-0.2, -0.15) is 0 Å². The predicted octanol–water partition coefficient (Wildman–Crippen LogP) is -2.88. The van der Waals surface area contributed by atoms with E-state index in [1.54, 1.807) is 0 Å². The largest absolute Gasteiger partial charge is 1.00 e. The quantitative estimate of drug-likeness (QED) is 0.277. The Morgan fingerprint density at radius 2 is 1.70 bits per heavy atom. The van der Waals surface area contributed by atoms with Crippen LogP contribution in [0.15, 0.2) is 0 Å². The second kappa shape index (κ2) is 8.99. The molecule has 0 heterocycles. The van der Waals surface area contributed by atoms with Crippen LogP contribution in [0.2, 0.25) is 0 Å². The summed E-state index contributed by atoms with van der Waals surface area (Å²) in [6.45, 7) is 1.87. The van der Waals surface area contributed by atoms with E-state index >= 15 is 0 Å². The summed E-state index contributed by atoms with van der Waals surface area (Å²) in [6, 6.07) is 0. The molecule has 5 heteroatoms. The molecule has 0 fully saturated rings.